The molecule has 7 heteroatoms. The van der Waals surface area contributed by atoms with Crippen LogP contribution in [-0.4, -0.2) is 28.3 Å². The monoisotopic (exact) mass is 469 g/mol. The predicted octanol–water partition coefficient (Wildman–Crippen LogP) is 5.45. The molecule has 1 aliphatic heterocycles. The van der Waals surface area contributed by atoms with Crippen molar-refractivity contribution in [3.05, 3.63) is 119 Å². The normalized spacial score (nSPS) is 16.9. The molecule has 0 spiro atoms. The number of Topliss-reactive ketones (excluding diaryl/α,β-unsaturated/α-hetero) is 1. The minimum absolute atomic E-state index is 0.199. The summed E-state index contributed by atoms with van der Waals surface area (Å²) in [4.78, 5) is 34.5. The van der Waals surface area contributed by atoms with E-state index in [-0.39, 0.29) is 23.5 Å². The number of carbonyl (C=O) groups excluding carboxylic acids is 2. The van der Waals surface area contributed by atoms with E-state index in [1.54, 1.807) is 43.5 Å². The van der Waals surface area contributed by atoms with Gasteiger partial charge in [0.1, 0.15) is 11.6 Å². The molecular formula is C28H24FN3O3. The van der Waals surface area contributed by atoms with Crippen molar-refractivity contribution >= 4 is 17.4 Å². The summed E-state index contributed by atoms with van der Waals surface area (Å²) in [5.41, 5.74) is 3.67. The highest BCUT2D eigenvalue weighted by atomic mass is 19.1. The van der Waals surface area contributed by atoms with Crippen molar-refractivity contribution in [2.45, 2.75) is 25.3 Å². The summed E-state index contributed by atoms with van der Waals surface area (Å²) in [5, 5.41) is 3.41. The van der Waals surface area contributed by atoms with Gasteiger partial charge in [-0.25, -0.2) is 14.2 Å². The number of ketones is 1. The Labute approximate surface area is 202 Å². The summed E-state index contributed by atoms with van der Waals surface area (Å²) in [5.74, 6) is -1.34. The van der Waals surface area contributed by atoms with E-state index < -0.39 is 23.7 Å². The molecule has 4 aromatic rings. The number of hydrogen-bond acceptors (Lipinski definition) is 5. The first-order chi connectivity index (χ1) is 17.0. The number of H-pyrrole nitrogens is 1. The molecule has 2 unspecified atom stereocenters. The van der Waals surface area contributed by atoms with E-state index >= 15 is 0 Å². The van der Waals surface area contributed by atoms with Gasteiger partial charge in [-0.1, -0.05) is 48.5 Å². The first-order valence-electron chi connectivity index (χ1n) is 11.5. The molecule has 6 nitrogen and oxygen atoms in total. The fourth-order valence-electron chi connectivity index (χ4n) is 4.56. The number of fused-ring (bicyclic) bond motifs is 1. The molecule has 0 radical (unpaired) electrons. The molecule has 2 atom stereocenters. The fraction of sp³-hybridized carbons (Fsp3) is 0.179. The second kappa shape index (κ2) is 9.54. The van der Waals surface area contributed by atoms with E-state index in [1.165, 1.54) is 12.1 Å². The Hall–Kier alpha value is -4.26. The van der Waals surface area contributed by atoms with Gasteiger partial charge >= 0.3 is 5.97 Å². The van der Waals surface area contributed by atoms with Crippen LogP contribution in [-0.2, 0) is 11.2 Å². The lowest BCUT2D eigenvalue weighted by molar-refractivity contribution is 0.0522. The van der Waals surface area contributed by atoms with E-state index in [0.29, 0.717) is 23.5 Å². The first-order valence-corrected chi connectivity index (χ1v) is 11.5. The Balaban J connectivity index is 1.57. The number of aromatic amines is 1. The van der Waals surface area contributed by atoms with Gasteiger partial charge in [0.15, 0.2) is 5.78 Å². The molecule has 0 saturated heterocycles. The van der Waals surface area contributed by atoms with Crippen molar-refractivity contribution in [1.82, 2.24) is 9.97 Å². The quantitative estimate of drug-likeness (QED) is 0.367. The Kier molecular flexibility index (Phi) is 6.14. The van der Waals surface area contributed by atoms with Gasteiger partial charge in [-0.2, -0.15) is 0 Å². The number of ether oxygens (including phenoxy) is 1. The molecule has 0 fully saturated rings. The van der Waals surface area contributed by atoms with Crippen molar-refractivity contribution in [1.29, 1.82) is 0 Å². The van der Waals surface area contributed by atoms with Crippen LogP contribution in [0.15, 0.2) is 79.0 Å². The van der Waals surface area contributed by atoms with Gasteiger partial charge in [0.25, 0.3) is 0 Å². The number of esters is 1. The average molecular weight is 470 g/mol. The molecule has 1 aromatic heterocycles. The highest BCUT2D eigenvalue weighted by molar-refractivity contribution is 6.14. The zero-order chi connectivity index (χ0) is 24.4. The Bertz CT molecular complexity index is 1370. The third kappa shape index (κ3) is 4.45. The maximum absolute atomic E-state index is 13.9. The predicted molar refractivity (Wildman–Crippen MR) is 130 cm³/mol. The number of hydrogen-bond donors (Lipinski definition) is 2. The highest BCUT2D eigenvalue weighted by Crippen LogP contribution is 2.43. The van der Waals surface area contributed by atoms with Crippen LogP contribution in [0.2, 0.25) is 0 Å². The number of imidazole rings is 1. The third-order valence-electron chi connectivity index (χ3n) is 6.14. The lowest BCUT2D eigenvalue weighted by atomic mass is 9.79. The molecular weight excluding hydrogens is 445 g/mol. The third-order valence-corrected chi connectivity index (χ3v) is 6.14. The van der Waals surface area contributed by atoms with E-state index in [1.807, 2.05) is 30.3 Å². The van der Waals surface area contributed by atoms with Crippen molar-refractivity contribution in [2.75, 3.05) is 11.9 Å². The van der Waals surface area contributed by atoms with Crippen molar-refractivity contribution < 1.29 is 18.7 Å². The molecule has 1 aliphatic rings. The number of rotatable bonds is 6. The first kappa shape index (κ1) is 22.5. The summed E-state index contributed by atoms with van der Waals surface area (Å²) in [7, 11) is 0. The number of benzene rings is 3. The van der Waals surface area contributed by atoms with Crippen LogP contribution in [0.3, 0.4) is 0 Å². The van der Waals surface area contributed by atoms with E-state index in [0.717, 1.165) is 11.3 Å². The Morgan fingerprint density at radius 3 is 2.54 bits per heavy atom. The van der Waals surface area contributed by atoms with Crippen LogP contribution in [0, 0.1) is 5.82 Å². The molecule has 0 saturated carbocycles. The minimum atomic E-state index is -0.727. The number of nitrogens with one attached hydrogen (secondary N) is 2. The van der Waals surface area contributed by atoms with Gasteiger partial charge in [0.2, 0.25) is 0 Å². The van der Waals surface area contributed by atoms with Crippen LogP contribution in [0.4, 0.5) is 10.1 Å². The van der Waals surface area contributed by atoms with Crippen LogP contribution < -0.4 is 5.32 Å². The Morgan fingerprint density at radius 2 is 1.80 bits per heavy atom. The maximum Gasteiger partial charge on any atom is 0.338 e. The molecule has 0 bridgehead atoms. The number of carbonyl (C=O) groups is 2. The zero-order valence-electron chi connectivity index (χ0n) is 19.1. The molecule has 0 aliphatic carbocycles. The molecule has 176 valence electrons. The second-order valence-electron chi connectivity index (χ2n) is 8.42. The molecule has 5 rings (SSSR count). The molecule has 0 amide bonds. The molecule has 2 N–H and O–H groups in total. The summed E-state index contributed by atoms with van der Waals surface area (Å²) in [6.45, 7) is 1.92. The smallest absolute Gasteiger partial charge is 0.338 e. The van der Waals surface area contributed by atoms with Gasteiger partial charge in [-0.15, -0.1) is 0 Å². The van der Waals surface area contributed by atoms with Crippen LogP contribution >= 0.6 is 0 Å². The summed E-state index contributed by atoms with van der Waals surface area (Å²) >= 11 is 0. The SMILES string of the molecule is CCOC(=O)c1cccc2c1C(=O)C(c1ccc(F)cc1)C(c1ncc(Cc3ccccc3)[nH]1)N2. The Morgan fingerprint density at radius 1 is 1.03 bits per heavy atom. The number of aromatic nitrogens is 2. The van der Waals surface area contributed by atoms with Crippen LogP contribution in [0.5, 0.6) is 0 Å². The van der Waals surface area contributed by atoms with Gasteiger partial charge in [-0.3, -0.25) is 4.79 Å². The average Bonchev–Trinajstić information content (AvgIpc) is 3.33. The summed E-state index contributed by atoms with van der Waals surface area (Å²) in [6, 6.07) is 20.4. The molecule has 2 heterocycles. The lowest BCUT2D eigenvalue weighted by Gasteiger charge is -2.33. The maximum atomic E-state index is 13.9. The van der Waals surface area contributed by atoms with Gasteiger partial charge in [-0.05, 0) is 42.3 Å². The van der Waals surface area contributed by atoms with Crippen LogP contribution in [0.25, 0.3) is 0 Å². The standard InChI is InChI=1S/C28H24FN3O3/c1-2-35-28(34)21-9-6-10-22-24(21)26(33)23(18-11-13-19(29)14-12-18)25(32-22)27-30-16-20(31-27)15-17-7-4-3-5-8-17/h3-14,16,23,25,32H,2,15H2,1H3,(H,30,31). The topological polar surface area (TPSA) is 84.1 Å². The van der Waals surface area contributed by atoms with E-state index in [2.05, 4.69) is 15.3 Å². The second-order valence-corrected chi connectivity index (χ2v) is 8.42. The van der Waals surface area contributed by atoms with Crippen molar-refractivity contribution in [2.24, 2.45) is 0 Å². The van der Waals surface area contributed by atoms with E-state index in [9.17, 15) is 14.0 Å². The number of nitrogens with zero attached hydrogens (tertiary/aromatic N) is 1. The fourth-order valence-corrected chi connectivity index (χ4v) is 4.56. The van der Waals surface area contributed by atoms with Crippen LogP contribution in [0.1, 0.15) is 62.2 Å². The molecule has 3 aromatic carbocycles. The number of anilines is 1. The summed E-state index contributed by atoms with van der Waals surface area (Å²) < 4.78 is 18.9. The lowest BCUT2D eigenvalue weighted by Crippen LogP contribution is -2.34. The van der Waals surface area contributed by atoms with Crippen molar-refractivity contribution in [3.63, 3.8) is 0 Å². The van der Waals surface area contributed by atoms with E-state index in [4.69, 9.17) is 4.74 Å². The number of halogens is 1. The van der Waals surface area contributed by atoms with Gasteiger partial charge < -0.3 is 15.0 Å². The van der Waals surface area contributed by atoms with Crippen molar-refractivity contribution in [3.8, 4) is 0 Å². The summed E-state index contributed by atoms with van der Waals surface area (Å²) in [6.07, 6.45) is 2.43. The largest absolute Gasteiger partial charge is 0.462 e. The van der Waals surface area contributed by atoms with Gasteiger partial charge in [0.05, 0.1) is 29.7 Å². The zero-order valence-corrected chi connectivity index (χ0v) is 19.1. The minimum Gasteiger partial charge on any atom is -0.462 e. The van der Waals surface area contributed by atoms with Gasteiger partial charge in [0, 0.05) is 24.0 Å². The highest BCUT2D eigenvalue weighted by Gasteiger charge is 2.41. The molecule has 35 heavy (non-hydrogen) atoms.